The van der Waals surface area contributed by atoms with Crippen LogP contribution in [-0.2, 0) is 29.1 Å². The van der Waals surface area contributed by atoms with E-state index >= 15 is 0 Å². The number of carbonyl (C=O) groups is 3. The molecule has 6 rings (SSSR count). The molecule has 0 aromatic heterocycles. The first-order valence-electron chi connectivity index (χ1n) is 15.4. The Bertz CT molecular complexity index is 1670. The van der Waals surface area contributed by atoms with E-state index in [-0.39, 0.29) is 37.0 Å². The lowest BCUT2D eigenvalue weighted by Gasteiger charge is -2.47. The van der Waals surface area contributed by atoms with Gasteiger partial charge < -0.3 is 19.9 Å². The van der Waals surface area contributed by atoms with Gasteiger partial charge in [0.2, 0.25) is 11.8 Å². The zero-order valence-electron chi connectivity index (χ0n) is 25.9. The average molecular weight is 606 g/mol. The van der Waals surface area contributed by atoms with E-state index in [0.717, 1.165) is 33.2 Å². The number of carbonyl (C=O) groups excluding carboxylic acids is 3. The molecule has 4 amide bonds. The van der Waals surface area contributed by atoms with Crippen LogP contribution in [0.25, 0.3) is 10.8 Å². The summed E-state index contributed by atoms with van der Waals surface area (Å²) < 4.78 is 5.33. The van der Waals surface area contributed by atoms with Crippen molar-refractivity contribution in [2.75, 3.05) is 20.2 Å². The van der Waals surface area contributed by atoms with Crippen molar-refractivity contribution in [1.29, 1.82) is 0 Å². The van der Waals surface area contributed by atoms with E-state index in [9.17, 15) is 14.4 Å². The van der Waals surface area contributed by atoms with Crippen LogP contribution in [0.4, 0.5) is 4.79 Å². The molecule has 4 aromatic rings. The Hall–Kier alpha value is -4.89. The van der Waals surface area contributed by atoms with Gasteiger partial charge in [-0.25, -0.2) is 4.79 Å². The van der Waals surface area contributed by atoms with Crippen LogP contribution in [0.3, 0.4) is 0 Å². The summed E-state index contributed by atoms with van der Waals surface area (Å²) in [6.07, 6.45) is -0.148. The number of fused-ring (bicyclic) bond motifs is 2. The second kappa shape index (κ2) is 13.0. The summed E-state index contributed by atoms with van der Waals surface area (Å²) in [6.45, 7) is 4.93. The van der Waals surface area contributed by atoms with E-state index < -0.39 is 12.2 Å². The molecular weight excluding hydrogens is 566 g/mol. The molecule has 0 aliphatic carbocycles. The summed E-state index contributed by atoms with van der Waals surface area (Å²) >= 11 is 0. The predicted molar refractivity (Wildman–Crippen MR) is 173 cm³/mol. The minimum Gasteiger partial charge on any atom is -0.497 e. The van der Waals surface area contributed by atoms with E-state index in [1.165, 1.54) is 0 Å². The topological polar surface area (TPSA) is 85.4 Å². The lowest BCUT2D eigenvalue weighted by atomic mass is 9.99. The van der Waals surface area contributed by atoms with Gasteiger partial charge in [-0.1, -0.05) is 84.9 Å². The molecule has 2 fully saturated rings. The fraction of sp³-hybridized carbons (Fsp3) is 0.306. The van der Waals surface area contributed by atoms with Gasteiger partial charge in [-0.15, -0.1) is 0 Å². The Morgan fingerprint density at radius 1 is 0.911 bits per heavy atom. The highest BCUT2D eigenvalue weighted by Gasteiger charge is 2.52. The SMILES string of the molecule is COc1ccc(C[C@H]2C(=O)N(Cc3cccc4ccccc34)C[C@H]3N2C(=O)CN3N(C(=O)NCc2ccccc2)C(C)C)cc1. The van der Waals surface area contributed by atoms with Crippen molar-refractivity contribution < 1.29 is 19.1 Å². The number of urea groups is 1. The molecule has 0 bridgehead atoms. The molecular formula is C36H39N5O4. The maximum atomic E-state index is 14.3. The summed E-state index contributed by atoms with van der Waals surface area (Å²) in [5.41, 5.74) is 2.94. The second-order valence-electron chi connectivity index (χ2n) is 11.9. The number of piperazine rings is 1. The lowest BCUT2D eigenvalue weighted by Crippen LogP contribution is -2.66. The van der Waals surface area contributed by atoms with Crippen molar-refractivity contribution in [1.82, 2.24) is 25.1 Å². The summed E-state index contributed by atoms with van der Waals surface area (Å²) in [5.74, 6) is 0.453. The number of hydrazine groups is 1. The van der Waals surface area contributed by atoms with Crippen LogP contribution in [0.5, 0.6) is 5.75 Å². The number of nitrogens with one attached hydrogen (secondary N) is 1. The third-order valence-electron chi connectivity index (χ3n) is 8.66. The van der Waals surface area contributed by atoms with Gasteiger partial charge >= 0.3 is 6.03 Å². The molecule has 9 heteroatoms. The van der Waals surface area contributed by atoms with Crippen molar-refractivity contribution in [3.63, 3.8) is 0 Å². The molecule has 232 valence electrons. The van der Waals surface area contributed by atoms with Gasteiger partial charge in [0.25, 0.3) is 0 Å². The molecule has 45 heavy (non-hydrogen) atoms. The number of hydrogen-bond donors (Lipinski definition) is 1. The average Bonchev–Trinajstić information content (AvgIpc) is 3.37. The molecule has 2 aliphatic rings. The largest absolute Gasteiger partial charge is 0.497 e. The second-order valence-corrected chi connectivity index (χ2v) is 11.9. The number of rotatable bonds is 9. The molecule has 2 saturated heterocycles. The first-order chi connectivity index (χ1) is 21.8. The van der Waals surface area contributed by atoms with E-state index in [1.807, 2.05) is 96.6 Å². The molecule has 9 nitrogen and oxygen atoms in total. The first-order valence-corrected chi connectivity index (χ1v) is 15.4. The van der Waals surface area contributed by atoms with Crippen molar-refractivity contribution in [2.45, 2.75) is 51.6 Å². The highest BCUT2D eigenvalue weighted by Crippen LogP contribution is 2.32. The molecule has 2 heterocycles. The Balaban J connectivity index is 1.32. The number of methoxy groups -OCH3 is 1. The standard InChI is InChI=1S/C36H39N5O4/c1-25(2)41(36(44)37-21-27-10-5-4-6-11-27)39-24-34(42)40-32(20-26-16-18-30(45-3)19-17-26)35(43)38(23-33(39)40)22-29-14-9-13-28-12-7-8-15-31(28)29/h4-19,25,32-33H,20-24H2,1-3H3,(H,37,44)/t32-,33+/m0/s1. The Morgan fingerprint density at radius 2 is 1.62 bits per heavy atom. The fourth-order valence-electron chi connectivity index (χ4n) is 6.49. The van der Waals surface area contributed by atoms with Gasteiger partial charge in [0, 0.05) is 25.6 Å². The van der Waals surface area contributed by atoms with E-state index in [4.69, 9.17) is 4.74 Å². The van der Waals surface area contributed by atoms with E-state index in [1.54, 1.807) is 17.0 Å². The maximum Gasteiger partial charge on any atom is 0.332 e. The summed E-state index contributed by atoms with van der Waals surface area (Å²) in [6, 6.07) is 30.4. The van der Waals surface area contributed by atoms with Crippen molar-refractivity contribution >= 4 is 28.6 Å². The zero-order valence-corrected chi connectivity index (χ0v) is 25.9. The molecule has 2 atom stereocenters. The third-order valence-corrected chi connectivity index (χ3v) is 8.66. The summed E-state index contributed by atoms with van der Waals surface area (Å²) in [4.78, 5) is 45.3. The fourth-order valence-corrected chi connectivity index (χ4v) is 6.49. The Kier molecular flexibility index (Phi) is 8.71. The number of nitrogens with zero attached hydrogens (tertiary/aromatic N) is 4. The maximum absolute atomic E-state index is 14.3. The molecule has 0 unspecified atom stereocenters. The normalized spacial score (nSPS) is 18.4. The van der Waals surface area contributed by atoms with Gasteiger partial charge in [-0.2, -0.15) is 5.01 Å². The summed E-state index contributed by atoms with van der Waals surface area (Å²) in [5, 5.41) is 8.71. The number of amides is 4. The molecule has 0 spiro atoms. The van der Waals surface area contributed by atoms with Crippen LogP contribution in [0.2, 0.25) is 0 Å². The number of benzene rings is 4. The highest BCUT2D eigenvalue weighted by molar-refractivity contribution is 5.92. The number of ether oxygens (including phenoxy) is 1. The van der Waals surface area contributed by atoms with Crippen LogP contribution in [0.15, 0.2) is 97.1 Å². The van der Waals surface area contributed by atoms with Gasteiger partial charge in [0.15, 0.2) is 0 Å². The van der Waals surface area contributed by atoms with E-state index in [0.29, 0.717) is 19.5 Å². The smallest absolute Gasteiger partial charge is 0.332 e. The number of hydrogen-bond acceptors (Lipinski definition) is 5. The molecule has 4 aromatic carbocycles. The van der Waals surface area contributed by atoms with Crippen molar-refractivity contribution in [3.05, 3.63) is 114 Å². The van der Waals surface area contributed by atoms with Gasteiger partial charge in [0.05, 0.1) is 20.2 Å². The minimum atomic E-state index is -0.717. The molecule has 1 N–H and O–H groups in total. The van der Waals surface area contributed by atoms with Crippen LogP contribution in [0.1, 0.15) is 30.5 Å². The molecule has 0 radical (unpaired) electrons. The Morgan fingerprint density at radius 3 is 2.36 bits per heavy atom. The quantitative estimate of drug-likeness (QED) is 0.296. The first kappa shape index (κ1) is 30.1. The summed E-state index contributed by atoms with van der Waals surface area (Å²) in [7, 11) is 1.61. The van der Waals surface area contributed by atoms with Crippen LogP contribution in [0, 0.1) is 0 Å². The van der Waals surface area contributed by atoms with Crippen LogP contribution in [-0.4, -0.2) is 76.1 Å². The highest BCUT2D eigenvalue weighted by atomic mass is 16.5. The zero-order chi connectivity index (χ0) is 31.5. The van der Waals surface area contributed by atoms with Gasteiger partial charge in [0.1, 0.15) is 18.0 Å². The van der Waals surface area contributed by atoms with E-state index in [2.05, 4.69) is 29.6 Å². The monoisotopic (exact) mass is 605 g/mol. The Labute approximate surface area is 263 Å². The van der Waals surface area contributed by atoms with Gasteiger partial charge in [-0.05, 0) is 53.4 Å². The predicted octanol–water partition coefficient (Wildman–Crippen LogP) is 4.81. The molecule has 2 aliphatic heterocycles. The van der Waals surface area contributed by atoms with Crippen LogP contribution >= 0.6 is 0 Å². The van der Waals surface area contributed by atoms with Gasteiger partial charge in [-0.3, -0.25) is 14.6 Å². The van der Waals surface area contributed by atoms with Crippen molar-refractivity contribution in [3.8, 4) is 5.75 Å². The van der Waals surface area contributed by atoms with Crippen LogP contribution < -0.4 is 10.1 Å². The lowest BCUT2D eigenvalue weighted by molar-refractivity contribution is -0.158. The third kappa shape index (κ3) is 6.21. The molecule has 0 saturated carbocycles. The minimum absolute atomic E-state index is 0.0100. The van der Waals surface area contributed by atoms with Crippen molar-refractivity contribution in [2.24, 2.45) is 0 Å².